The Morgan fingerprint density at radius 2 is 2.25 bits per heavy atom. The zero-order chi connectivity index (χ0) is 11.4. The molecule has 1 heterocycles. The molecule has 0 aliphatic heterocycles. The van der Waals surface area contributed by atoms with Gasteiger partial charge < -0.3 is 5.32 Å². The van der Waals surface area contributed by atoms with Crippen molar-refractivity contribution in [3.05, 3.63) is 51.7 Å². The molecule has 0 spiro atoms. The van der Waals surface area contributed by atoms with E-state index in [2.05, 4.69) is 10.3 Å². The van der Waals surface area contributed by atoms with Crippen molar-refractivity contribution >= 4 is 11.3 Å². The van der Waals surface area contributed by atoms with Crippen molar-refractivity contribution < 1.29 is 4.39 Å². The Hall–Kier alpha value is -1.26. The number of halogens is 1. The second-order valence-corrected chi connectivity index (χ2v) is 4.39. The zero-order valence-electron chi connectivity index (χ0n) is 9.03. The molecule has 4 heteroatoms. The van der Waals surface area contributed by atoms with E-state index in [0.717, 1.165) is 24.3 Å². The molecule has 2 aromatic rings. The van der Waals surface area contributed by atoms with E-state index >= 15 is 0 Å². The number of nitrogens with zero attached hydrogens (tertiary/aromatic N) is 1. The van der Waals surface area contributed by atoms with Gasteiger partial charge in [0.2, 0.25) is 0 Å². The van der Waals surface area contributed by atoms with Crippen LogP contribution in [0.4, 0.5) is 4.39 Å². The summed E-state index contributed by atoms with van der Waals surface area (Å²) >= 11 is 1.59. The molecule has 0 bridgehead atoms. The van der Waals surface area contributed by atoms with Crippen LogP contribution in [0.1, 0.15) is 16.8 Å². The van der Waals surface area contributed by atoms with Gasteiger partial charge in [-0.05, 0) is 24.1 Å². The van der Waals surface area contributed by atoms with E-state index in [1.807, 2.05) is 17.0 Å². The molecule has 1 N–H and O–H groups in total. The van der Waals surface area contributed by atoms with Crippen LogP contribution in [-0.2, 0) is 13.1 Å². The number of rotatable bonds is 4. The van der Waals surface area contributed by atoms with E-state index in [1.165, 1.54) is 6.07 Å². The number of thiazole rings is 1. The predicted molar refractivity (Wildman–Crippen MR) is 63.8 cm³/mol. The van der Waals surface area contributed by atoms with Crippen molar-refractivity contribution in [1.29, 1.82) is 0 Å². The quantitative estimate of drug-likeness (QED) is 0.883. The summed E-state index contributed by atoms with van der Waals surface area (Å²) in [5, 5.41) is 5.29. The van der Waals surface area contributed by atoms with E-state index in [4.69, 9.17) is 0 Å². The summed E-state index contributed by atoms with van der Waals surface area (Å²) in [7, 11) is 0. The molecule has 0 amide bonds. The molecular formula is C12H13FN2S. The Morgan fingerprint density at radius 1 is 1.38 bits per heavy atom. The third-order valence-electron chi connectivity index (χ3n) is 2.34. The van der Waals surface area contributed by atoms with E-state index < -0.39 is 0 Å². The molecule has 0 unspecified atom stereocenters. The Kier molecular flexibility index (Phi) is 3.64. The minimum Gasteiger partial charge on any atom is -0.307 e. The summed E-state index contributed by atoms with van der Waals surface area (Å²) in [5.41, 5.74) is 4.64. The van der Waals surface area contributed by atoms with Gasteiger partial charge in [0.05, 0.1) is 11.2 Å². The van der Waals surface area contributed by atoms with Crippen LogP contribution in [0.15, 0.2) is 29.1 Å². The van der Waals surface area contributed by atoms with Crippen LogP contribution in [0.25, 0.3) is 0 Å². The molecular weight excluding hydrogens is 223 g/mol. The van der Waals surface area contributed by atoms with E-state index in [9.17, 15) is 4.39 Å². The van der Waals surface area contributed by atoms with E-state index in [-0.39, 0.29) is 5.82 Å². The minimum absolute atomic E-state index is 0.150. The van der Waals surface area contributed by atoms with Gasteiger partial charge in [-0.1, -0.05) is 12.1 Å². The van der Waals surface area contributed by atoms with Gasteiger partial charge in [-0.3, -0.25) is 0 Å². The molecule has 1 aromatic carbocycles. The number of aryl methyl sites for hydroxylation is 1. The summed E-state index contributed by atoms with van der Waals surface area (Å²) in [6, 6.07) is 5.18. The van der Waals surface area contributed by atoms with Gasteiger partial charge in [-0.2, -0.15) is 0 Å². The third-order valence-corrected chi connectivity index (χ3v) is 2.98. The Morgan fingerprint density at radius 3 is 2.94 bits per heavy atom. The van der Waals surface area contributed by atoms with Crippen LogP contribution in [-0.4, -0.2) is 4.98 Å². The first-order chi connectivity index (χ1) is 7.75. The smallest absolute Gasteiger partial charge is 0.126 e. The second kappa shape index (κ2) is 5.18. The normalized spacial score (nSPS) is 10.6. The molecule has 1 aromatic heterocycles. The van der Waals surface area contributed by atoms with Crippen LogP contribution >= 0.6 is 11.3 Å². The fourth-order valence-electron chi connectivity index (χ4n) is 1.48. The summed E-state index contributed by atoms with van der Waals surface area (Å²) < 4.78 is 13.0. The highest BCUT2D eigenvalue weighted by atomic mass is 32.1. The van der Waals surface area contributed by atoms with Gasteiger partial charge in [-0.15, -0.1) is 11.3 Å². The molecule has 16 heavy (non-hydrogen) atoms. The van der Waals surface area contributed by atoms with Gasteiger partial charge in [0, 0.05) is 18.5 Å². The lowest BCUT2D eigenvalue weighted by Gasteiger charge is -2.04. The second-order valence-electron chi connectivity index (χ2n) is 3.67. The standard InChI is InChI=1S/C12H13FN2S/c1-9-4-10(2-3-12(9)13)5-14-6-11-7-16-8-15-11/h2-4,7-8,14H,5-6H2,1H3. The first-order valence-electron chi connectivity index (χ1n) is 5.08. The summed E-state index contributed by atoms with van der Waals surface area (Å²) in [4.78, 5) is 4.18. The van der Waals surface area contributed by atoms with Gasteiger partial charge in [0.15, 0.2) is 0 Å². The van der Waals surface area contributed by atoms with Gasteiger partial charge in [-0.25, -0.2) is 9.37 Å². The number of benzene rings is 1. The topological polar surface area (TPSA) is 24.9 Å². The van der Waals surface area contributed by atoms with Crippen LogP contribution < -0.4 is 5.32 Å². The predicted octanol–water partition coefficient (Wildman–Crippen LogP) is 2.88. The number of nitrogens with one attached hydrogen (secondary N) is 1. The maximum Gasteiger partial charge on any atom is 0.126 e. The fraction of sp³-hybridized carbons (Fsp3) is 0.250. The summed E-state index contributed by atoms with van der Waals surface area (Å²) in [6.07, 6.45) is 0. The Bertz CT molecular complexity index is 454. The largest absolute Gasteiger partial charge is 0.307 e. The van der Waals surface area contributed by atoms with Crippen molar-refractivity contribution in [1.82, 2.24) is 10.3 Å². The Balaban J connectivity index is 1.87. The van der Waals surface area contributed by atoms with Crippen LogP contribution in [0.2, 0.25) is 0 Å². The monoisotopic (exact) mass is 236 g/mol. The molecule has 0 fully saturated rings. The molecule has 0 aliphatic rings. The number of hydrogen-bond donors (Lipinski definition) is 1. The third kappa shape index (κ3) is 2.87. The molecule has 2 nitrogen and oxygen atoms in total. The molecule has 0 atom stereocenters. The average molecular weight is 236 g/mol. The first-order valence-corrected chi connectivity index (χ1v) is 6.03. The van der Waals surface area contributed by atoms with Crippen molar-refractivity contribution in [3.63, 3.8) is 0 Å². The molecule has 0 saturated carbocycles. The lowest BCUT2D eigenvalue weighted by atomic mass is 10.1. The zero-order valence-corrected chi connectivity index (χ0v) is 9.85. The van der Waals surface area contributed by atoms with Crippen molar-refractivity contribution in [3.8, 4) is 0 Å². The van der Waals surface area contributed by atoms with Crippen LogP contribution in [0.5, 0.6) is 0 Å². The average Bonchev–Trinajstić information content (AvgIpc) is 2.76. The highest BCUT2D eigenvalue weighted by molar-refractivity contribution is 7.07. The lowest BCUT2D eigenvalue weighted by Crippen LogP contribution is -2.13. The van der Waals surface area contributed by atoms with Gasteiger partial charge >= 0.3 is 0 Å². The summed E-state index contributed by atoms with van der Waals surface area (Å²) in [5.74, 6) is -0.150. The minimum atomic E-state index is -0.150. The lowest BCUT2D eigenvalue weighted by molar-refractivity contribution is 0.615. The molecule has 2 rings (SSSR count). The SMILES string of the molecule is Cc1cc(CNCc2cscn2)ccc1F. The van der Waals surface area contributed by atoms with E-state index in [0.29, 0.717) is 5.56 Å². The van der Waals surface area contributed by atoms with Crippen LogP contribution in [0.3, 0.4) is 0 Å². The van der Waals surface area contributed by atoms with Crippen molar-refractivity contribution in [2.24, 2.45) is 0 Å². The number of aromatic nitrogens is 1. The summed E-state index contributed by atoms with van der Waals surface area (Å²) in [6.45, 7) is 3.26. The van der Waals surface area contributed by atoms with Crippen molar-refractivity contribution in [2.75, 3.05) is 0 Å². The van der Waals surface area contributed by atoms with Crippen LogP contribution in [0, 0.1) is 12.7 Å². The van der Waals surface area contributed by atoms with Gasteiger partial charge in [0.1, 0.15) is 5.82 Å². The number of hydrogen-bond acceptors (Lipinski definition) is 3. The first kappa shape index (κ1) is 11.2. The maximum atomic E-state index is 13.0. The molecule has 0 aliphatic carbocycles. The van der Waals surface area contributed by atoms with Gasteiger partial charge in [0.25, 0.3) is 0 Å². The highest BCUT2D eigenvalue weighted by Crippen LogP contribution is 2.09. The van der Waals surface area contributed by atoms with Crippen molar-refractivity contribution in [2.45, 2.75) is 20.0 Å². The molecule has 0 saturated heterocycles. The maximum absolute atomic E-state index is 13.0. The highest BCUT2D eigenvalue weighted by Gasteiger charge is 1.99. The molecule has 0 radical (unpaired) electrons. The fourth-order valence-corrected chi connectivity index (χ4v) is 2.03. The Labute approximate surface area is 98.2 Å². The molecule has 84 valence electrons. The van der Waals surface area contributed by atoms with E-state index in [1.54, 1.807) is 24.3 Å².